The van der Waals surface area contributed by atoms with E-state index in [-0.39, 0.29) is 29.3 Å². The summed E-state index contributed by atoms with van der Waals surface area (Å²) in [5, 5.41) is 11.6. The highest BCUT2D eigenvalue weighted by atomic mass is 16.6. The number of ether oxygens (including phenoxy) is 1. The fraction of sp³-hybridized carbons (Fsp3) is 0.667. The van der Waals surface area contributed by atoms with Crippen molar-refractivity contribution in [3.63, 3.8) is 0 Å². The number of anilines is 1. The number of esters is 1. The first-order chi connectivity index (χ1) is 15.3. The Morgan fingerprint density at radius 3 is 2.66 bits per heavy atom. The van der Waals surface area contributed by atoms with Gasteiger partial charge in [-0.1, -0.05) is 43.2 Å². The van der Waals surface area contributed by atoms with Crippen molar-refractivity contribution < 1.29 is 14.6 Å². The molecule has 5 rings (SSSR count). The molecule has 0 amide bonds. The van der Waals surface area contributed by atoms with Crippen LogP contribution in [0.25, 0.3) is 0 Å². The van der Waals surface area contributed by atoms with Crippen LogP contribution in [0.4, 0.5) is 5.69 Å². The first-order valence-corrected chi connectivity index (χ1v) is 12.4. The van der Waals surface area contributed by atoms with E-state index in [9.17, 15) is 9.90 Å². The molecule has 4 aliphatic rings. The number of allylic oxidation sites excluding steroid dienone is 1. The van der Waals surface area contributed by atoms with E-state index >= 15 is 0 Å². The van der Waals surface area contributed by atoms with Gasteiger partial charge in [-0.2, -0.15) is 0 Å². The van der Waals surface area contributed by atoms with E-state index in [0.717, 1.165) is 45.4 Å². The van der Waals surface area contributed by atoms with Crippen molar-refractivity contribution in [3.8, 4) is 0 Å². The van der Waals surface area contributed by atoms with Gasteiger partial charge in [0.25, 0.3) is 0 Å². The van der Waals surface area contributed by atoms with Gasteiger partial charge < -0.3 is 14.7 Å². The predicted octanol–water partition coefficient (Wildman–Crippen LogP) is 3.71. The molecule has 5 heteroatoms. The van der Waals surface area contributed by atoms with Crippen molar-refractivity contribution in [2.45, 2.75) is 59.2 Å². The molecule has 2 heterocycles. The molecule has 1 aromatic carbocycles. The van der Waals surface area contributed by atoms with Gasteiger partial charge in [0.05, 0.1) is 12.0 Å². The summed E-state index contributed by atoms with van der Waals surface area (Å²) >= 11 is 0. The largest absolute Gasteiger partial charge is 0.461 e. The number of carbonyl (C=O) groups is 1. The number of aliphatic hydroxyl groups is 1. The summed E-state index contributed by atoms with van der Waals surface area (Å²) in [4.78, 5) is 17.8. The molecule has 32 heavy (non-hydrogen) atoms. The summed E-state index contributed by atoms with van der Waals surface area (Å²) in [7, 11) is 0. The average Bonchev–Trinajstić information content (AvgIpc) is 3.06. The van der Waals surface area contributed by atoms with E-state index in [1.54, 1.807) is 0 Å². The first-order valence-electron chi connectivity index (χ1n) is 12.4. The van der Waals surface area contributed by atoms with Crippen LogP contribution >= 0.6 is 0 Å². The van der Waals surface area contributed by atoms with Crippen molar-refractivity contribution in [3.05, 3.63) is 41.0 Å². The molecule has 1 saturated carbocycles. The fourth-order valence-electron chi connectivity index (χ4n) is 6.88. The molecule has 0 radical (unpaired) electrons. The van der Waals surface area contributed by atoms with Crippen LogP contribution in [0.3, 0.4) is 0 Å². The summed E-state index contributed by atoms with van der Waals surface area (Å²) in [5.41, 5.74) is 5.01. The minimum Gasteiger partial charge on any atom is -0.461 e. The van der Waals surface area contributed by atoms with Crippen molar-refractivity contribution >= 4 is 11.7 Å². The number of carbonyl (C=O) groups excluding carboxylic acids is 1. The molecule has 1 N–H and O–H groups in total. The first kappa shape index (κ1) is 22.0. The lowest BCUT2D eigenvalue weighted by Crippen LogP contribution is -2.55. The zero-order chi connectivity index (χ0) is 22.6. The molecule has 0 aromatic heterocycles. The molecule has 2 aliphatic heterocycles. The highest BCUT2D eigenvalue weighted by molar-refractivity contribution is 5.76. The Hall–Kier alpha value is -1.85. The normalized spacial score (nSPS) is 37.5. The number of nitrogens with zero attached hydrogens (tertiary/aromatic N) is 2. The van der Waals surface area contributed by atoms with Crippen LogP contribution in [0, 0.1) is 37.0 Å². The Balaban J connectivity index is 1.27. The van der Waals surface area contributed by atoms with Gasteiger partial charge in [0, 0.05) is 56.2 Å². The van der Waals surface area contributed by atoms with Crippen LogP contribution in [0.1, 0.15) is 44.2 Å². The van der Waals surface area contributed by atoms with Crippen molar-refractivity contribution in [1.29, 1.82) is 0 Å². The average molecular weight is 439 g/mol. The third kappa shape index (κ3) is 3.49. The lowest BCUT2D eigenvalue weighted by Gasteiger charge is -2.52. The second-order valence-corrected chi connectivity index (χ2v) is 10.9. The van der Waals surface area contributed by atoms with E-state index in [0.29, 0.717) is 12.5 Å². The SMILES string of the molecule is Cc1ccc(N2CCN(C[C@H]3C(=O)O[C@@H]4CC5=CCC[C@@H](C)[C@@]5(C)[C@H](O)[C@@H]43)CC2)c(C)c1. The highest BCUT2D eigenvalue weighted by Gasteiger charge is 2.59. The minimum absolute atomic E-state index is 0.0948. The molecule has 3 fully saturated rings. The zero-order valence-electron chi connectivity index (χ0n) is 20.0. The van der Waals surface area contributed by atoms with E-state index < -0.39 is 6.10 Å². The number of hydrogen-bond donors (Lipinski definition) is 1. The molecule has 6 atom stereocenters. The Morgan fingerprint density at radius 1 is 1.19 bits per heavy atom. The number of aliphatic hydroxyl groups excluding tert-OH is 1. The number of benzene rings is 1. The maximum Gasteiger partial charge on any atom is 0.311 e. The molecule has 5 nitrogen and oxygen atoms in total. The van der Waals surface area contributed by atoms with Gasteiger partial charge in [-0.05, 0) is 44.2 Å². The second kappa shape index (κ2) is 8.18. The minimum atomic E-state index is -0.518. The molecular weight excluding hydrogens is 400 g/mol. The molecule has 1 aromatic rings. The monoisotopic (exact) mass is 438 g/mol. The summed E-state index contributed by atoms with van der Waals surface area (Å²) in [5.74, 6) is 0.000175. The maximum absolute atomic E-state index is 12.9. The molecule has 174 valence electrons. The van der Waals surface area contributed by atoms with Crippen LogP contribution in [0.2, 0.25) is 0 Å². The van der Waals surface area contributed by atoms with Gasteiger partial charge in [0.2, 0.25) is 0 Å². The molecule has 2 saturated heterocycles. The lowest BCUT2D eigenvalue weighted by atomic mass is 9.55. The van der Waals surface area contributed by atoms with Crippen LogP contribution < -0.4 is 4.90 Å². The third-order valence-corrected chi connectivity index (χ3v) is 9.09. The Kier molecular flexibility index (Phi) is 5.61. The number of aryl methyl sites for hydroxylation is 2. The standard InChI is InChI=1S/C27H38N2O3/c1-17-8-9-22(18(2)14-17)29-12-10-28(11-13-29)16-21-24-23(32-26(21)31)15-20-7-5-6-19(3)27(20,4)25(24)30/h7-9,14,19,21,23-25,30H,5-6,10-13,15-16H2,1-4H3/t19-,21-,23-,24-,25-,27-/m1/s1. The highest BCUT2D eigenvalue weighted by Crippen LogP contribution is 2.56. The van der Waals surface area contributed by atoms with Crippen LogP contribution in [0.15, 0.2) is 29.8 Å². The topological polar surface area (TPSA) is 53.0 Å². The number of piperazine rings is 1. The van der Waals surface area contributed by atoms with Crippen LogP contribution in [-0.4, -0.2) is 60.9 Å². The molecule has 0 spiro atoms. The summed E-state index contributed by atoms with van der Waals surface area (Å²) in [6.07, 6.45) is 4.59. The van der Waals surface area contributed by atoms with Gasteiger partial charge in [-0.3, -0.25) is 9.69 Å². The van der Waals surface area contributed by atoms with E-state index in [2.05, 4.69) is 61.8 Å². The summed E-state index contributed by atoms with van der Waals surface area (Å²) in [6, 6.07) is 6.66. The number of fused-ring (bicyclic) bond motifs is 2. The van der Waals surface area contributed by atoms with Gasteiger partial charge in [-0.15, -0.1) is 0 Å². The zero-order valence-corrected chi connectivity index (χ0v) is 20.0. The molecule has 0 unspecified atom stereocenters. The molecule has 2 aliphatic carbocycles. The quantitative estimate of drug-likeness (QED) is 0.576. The van der Waals surface area contributed by atoms with E-state index in [1.165, 1.54) is 22.4 Å². The maximum atomic E-state index is 12.9. The van der Waals surface area contributed by atoms with Gasteiger partial charge in [0.15, 0.2) is 0 Å². The van der Waals surface area contributed by atoms with Crippen LogP contribution in [-0.2, 0) is 9.53 Å². The smallest absolute Gasteiger partial charge is 0.311 e. The molecular formula is C27H38N2O3. The number of hydrogen-bond acceptors (Lipinski definition) is 5. The van der Waals surface area contributed by atoms with Gasteiger partial charge >= 0.3 is 5.97 Å². The fourth-order valence-corrected chi connectivity index (χ4v) is 6.88. The van der Waals surface area contributed by atoms with Gasteiger partial charge in [0.1, 0.15) is 6.10 Å². The molecule has 0 bridgehead atoms. The van der Waals surface area contributed by atoms with Crippen molar-refractivity contribution in [2.24, 2.45) is 23.2 Å². The third-order valence-electron chi connectivity index (χ3n) is 9.09. The Labute approximate surface area is 192 Å². The Bertz CT molecular complexity index is 919. The van der Waals surface area contributed by atoms with E-state index in [1.807, 2.05) is 0 Å². The lowest BCUT2D eigenvalue weighted by molar-refractivity contribution is -0.145. The predicted molar refractivity (Wildman–Crippen MR) is 127 cm³/mol. The van der Waals surface area contributed by atoms with Crippen molar-refractivity contribution in [1.82, 2.24) is 4.90 Å². The summed E-state index contributed by atoms with van der Waals surface area (Å²) < 4.78 is 5.86. The van der Waals surface area contributed by atoms with E-state index in [4.69, 9.17) is 4.74 Å². The Morgan fingerprint density at radius 2 is 1.94 bits per heavy atom. The number of rotatable bonds is 3. The second-order valence-electron chi connectivity index (χ2n) is 10.9. The van der Waals surface area contributed by atoms with Gasteiger partial charge in [-0.25, -0.2) is 0 Å². The summed E-state index contributed by atoms with van der Waals surface area (Å²) in [6.45, 7) is 13.3. The van der Waals surface area contributed by atoms with Crippen molar-refractivity contribution in [2.75, 3.05) is 37.6 Å². The van der Waals surface area contributed by atoms with Crippen LogP contribution in [0.5, 0.6) is 0 Å².